The van der Waals surface area contributed by atoms with Crippen molar-refractivity contribution in [2.24, 2.45) is 34.0 Å². The van der Waals surface area contributed by atoms with E-state index in [0.717, 1.165) is 6.08 Å². The van der Waals surface area contributed by atoms with Gasteiger partial charge in [0, 0.05) is 24.4 Å². The Labute approximate surface area is 233 Å². The quantitative estimate of drug-likeness (QED) is 0.559. The van der Waals surface area contributed by atoms with Gasteiger partial charge in [0.25, 0.3) is 0 Å². The molecule has 7 nitrogen and oxygen atoms in total. The lowest BCUT2D eigenvalue weighted by atomic mass is 9.43. The molecule has 40 heavy (non-hydrogen) atoms. The minimum atomic E-state index is -3.83. The van der Waals surface area contributed by atoms with Gasteiger partial charge in [-0.2, -0.15) is 0 Å². The van der Waals surface area contributed by atoms with Crippen LogP contribution in [0.2, 0.25) is 0 Å². The van der Waals surface area contributed by atoms with Crippen LogP contribution in [-0.4, -0.2) is 72.1 Å². The Morgan fingerprint density at radius 2 is 1.85 bits per heavy atom. The Morgan fingerprint density at radius 1 is 1.15 bits per heavy atom. The third kappa shape index (κ3) is 3.39. The molecule has 3 saturated carbocycles. The summed E-state index contributed by atoms with van der Waals surface area (Å²) in [5.41, 5.74) is -5.63. The van der Waals surface area contributed by atoms with Crippen molar-refractivity contribution >= 4 is 21.6 Å². The number of carbonyl (C=O) groups is 2. The van der Waals surface area contributed by atoms with Crippen molar-refractivity contribution in [1.82, 2.24) is 4.31 Å². The van der Waals surface area contributed by atoms with E-state index >= 15 is 8.78 Å². The highest BCUT2D eigenvalue weighted by atomic mass is 32.2. The summed E-state index contributed by atoms with van der Waals surface area (Å²) in [6.07, 6.45) is 0.396. The number of fused-ring (bicyclic) bond motifs is 7. The number of allylic oxidation sites excluding steroid dienone is 4. The van der Waals surface area contributed by atoms with Crippen LogP contribution in [0.5, 0.6) is 0 Å². The van der Waals surface area contributed by atoms with Gasteiger partial charge in [-0.05, 0) is 66.7 Å². The van der Waals surface area contributed by atoms with Crippen molar-refractivity contribution in [3.05, 3.63) is 59.7 Å². The Hall–Kier alpha value is -2.27. The third-order valence-electron chi connectivity index (χ3n) is 11.3. The number of rotatable bonds is 5. The summed E-state index contributed by atoms with van der Waals surface area (Å²) >= 11 is 0. The Balaban J connectivity index is 1.40. The second-order valence-electron chi connectivity index (χ2n) is 12.9. The number of alkyl halides is 2. The summed E-state index contributed by atoms with van der Waals surface area (Å²) in [5, 5.41) is 21.7. The fraction of sp³-hybridized carbons (Fsp3) is 0.600. The van der Waals surface area contributed by atoms with Gasteiger partial charge >= 0.3 is 0 Å². The van der Waals surface area contributed by atoms with Gasteiger partial charge in [-0.3, -0.25) is 9.59 Å². The minimum Gasteiger partial charge on any atom is -0.390 e. The van der Waals surface area contributed by atoms with Gasteiger partial charge in [0.1, 0.15) is 12.8 Å². The fourth-order valence-corrected chi connectivity index (χ4v) is 11.1. The van der Waals surface area contributed by atoms with Gasteiger partial charge in [-0.25, -0.2) is 21.5 Å². The predicted molar refractivity (Wildman–Crippen MR) is 143 cm³/mol. The zero-order chi connectivity index (χ0) is 28.9. The first kappa shape index (κ1) is 27.9. The molecule has 9 atom stereocenters. The van der Waals surface area contributed by atoms with E-state index in [9.17, 15) is 28.2 Å². The molecule has 0 aromatic heterocycles. The van der Waals surface area contributed by atoms with Gasteiger partial charge in [-0.1, -0.05) is 43.3 Å². The van der Waals surface area contributed by atoms with Crippen LogP contribution in [0, 0.1) is 34.0 Å². The van der Waals surface area contributed by atoms with Gasteiger partial charge in [0.05, 0.1) is 17.3 Å². The van der Waals surface area contributed by atoms with Crippen LogP contribution in [0.1, 0.15) is 38.7 Å². The summed E-state index contributed by atoms with van der Waals surface area (Å²) in [6, 6.07) is 8.72. The van der Waals surface area contributed by atoms with Gasteiger partial charge in [0.15, 0.2) is 17.2 Å². The van der Waals surface area contributed by atoms with Gasteiger partial charge in [0.2, 0.25) is 10.0 Å². The Kier molecular flexibility index (Phi) is 6.18. The number of aliphatic hydroxyl groups is 2. The molecule has 0 spiro atoms. The van der Waals surface area contributed by atoms with E-state index in [1.54, 1.807) is 37.3 Å². The zero-order valence-corrected chi connectivity index (χ0v) is 23.4. The van der Waals surface area contributed by atoms with E-state index in [0.29, 0.717) is 5.56 Å². The molecule has 0 radical (unpaired) electrons. The molecule has 1 aromatic carbocycles. The van der Waals surface area contributed by atoms with Gasteiger partial charge in [-0.15, -0.1) is 0 Å². The number of sulfonamides is 1. The zero-order valence-electron chi connectivity index (χ0n) is 22.6. The number of aliphatic hydroxyl groups excluding tert-OH is 2. The van der Waals surface area contributed by atoms with Crippen molar-refractivity contribution in [1.29, 1.82) is 0 Å². The number of hydrogen-bond acceptors (Lipinski definition) is 6. The molecule has 0 bridgehead atoms. The standard InChI is InChI=1S/C30H35F2NO6S/c1-27-9-8-20(35)11-23(27)24(31)12-22-21-10-19-14-33(40(38,39)16-18-6-4-3-5-7-18)17-29(19,26(37)15-34)28(21,2)13-25(36)30(22,27)32/h3-9,11,19,21-22,24-25,34,36H,10,12-17H2,1-2H3. The maximum atomic E-state index is 17.5. The van der Waals surface area contributed by atoms with E-state index in [4.69, 9.17) is 0 Å². The number of Topliss-reactive ketones (excluding diaryl/α,β-unsaturated/α-hetero) is 1. The Bertz CT molecular complexity index is 1430. The second kappa shape index (κ2) is 8.86. The van der Waals surface area contributed by atoms with E-state index in [1.807, 2.05) is 0 Å². The van der Waals surface area contributed by atoms with Crippen LogP contribution in [0.15, 0.2) is 54.1 Å². The maximum absolute atomic E-state index is 17.5. The van der Waals surface area contributed by atoms with Crippen molar-refractivity contribution in [2.45, 2.75) is 56.8 Å². The number of hydrogen-bond donors (Lipinski definition) is 2. The monoisotopic (exact) mass is 575 g/mol. The van der Waals surface area contributed by atoms with Gasteiger partial charge < -0.3 is 10.2 Å². The van der Waals surface area contributed by atoms with Crippen molar-refractivity contribution < 1.29 is 37.0 Å². The number of nitrogens with zero attached hydrogens (tertiary/aromatic N) is 1. The SMILES string of the molecule is CC12C=CC(=O)C=C1C(F)CC1C3CC4CN(S(=O)(=O)Cc5ccccc5)CC4(C(=O)CO)C3(C)CC(O)C12F. The third-order valence-corrected chi connectivity index (χ3v) is 13.1. The average Bonchev–Trinajstić information content (AvgIpc) is 3.41. The molecule has 1 aliphatic heterocycles. The normalized spacial score (nSPS) is 44.4. The van der Waals surface area contributed by atoms with Crippen LogP contribution < -0.4 is 0 Å². The predicted octanol–water partition coefficient (Wildman–Crippen LogP) is 2.92. The Morgan fingerprint density at radius 3 is 2.52 bits per heavy atom. The first-order valence-electron chi connectivity index (χ1n) is 13.9. The number of benzene rings is 1. The largest absolute Gasteiger partial charge is 0.390 e. The van der Waals surface area contributed by atoms with Crippen LogP contribution in [0.4, 0.5) is 8.78 Å². The van der Waals surface area contributed by atoms with E-state index < -0.39 is 80.1 Å². The maximum Gasteiger partial charge on any atom is 0.218 e. The second-order valence-corrected chi connectivity index (χ2v) is 14.8. The highest BCUT2D eigenvalue weighted by Crippen LogP contribution is 2.74. The molecule has 5 aliphatic rings. The van der Waals surface area contributed by atoms with E-state index in [-0.39, 0.29) is 43.7 Å². The summed E-state index contributed by atoms with van der Waals surface area (Å²) < 4.78 is 61.5. The molecule has 4 fully saturated rings. The topological polar surface area (TPSA) is 112 Å². The highest BCUT2D eigenvalue weighted by Gasteiger charge is 2.78. The molecule has 10 heteroatoms. The minimum absolute atomic E-state index is 0.0268. The van der Waals surface area contributed by atoms with Crippen molar-refractivity contribution in [3.8, 4) is 0 Å². The van der Waals surface area contributed by atoms with Crippen molar-refractivity contribution in [2.75, 3.05) is 19.7 Å². The molecule has 2 N–H and O–H groups in total. The molecular weight excluding hydrogens is 540 g/mol. The molecular formula is C30H35F2NO6S. The van der Waals surface area contributed by atoms with E-state index in [2.05, 4.69) is 0 Å². The molecule has 1 heterocycles. The molecule has 4 aliphatic carbocycles. The summed E-state index contributed by atoms with van der Waals surface area (Å²) in [5.74, 6) is -3.23. The number of carbonyl (C=O) groups excluding carboxylic acids is 2. The lowest BCUT2D eigenvalue weighted by Crippen LogP contribution is -2.69. The lowest BCUT2D eigenvalue weighted by molar-refractivity contribution is -0.211. The highest BCUT2D eigenvalue weighted by molar-refractivity contribution is 7.88. The number of halogens is 2. The van der Waals surface area contributed by atoms with Crippen LogP contribution in [-0.2, 0) is 25.4 Å². The average molecular weight is 576 g/mol. The molecule has 1 saturated heterocycles. The van der Waals surface area contributed by atoms with Crippen LogP contribution in [0.25, 0.3) is 0 Å². The molecule has 216 valence electrons. The smallest absolute Gasteiger partial charge is 0.218 e. The molecule has 1 aromatic rings. The molecule has 6 rings (SSSR count). The first-order chi connectivity index (χ1) is 18.7. The summed E-state index contributed by atoms with van der Waals surface area (Å²) in [4.78, 5) is 25.7. The number of ketones is 2. The van der Waals surface area contributed by atoms with Crippen molar-refractivity contribution in [3.63, 3.8) is 0 Å². The van der Waals surface area contributed by atoms with Crippen LogP contribution in [0.3, 0.4) is 0 Å². The lowest BCUT2D eigenvalue weighted by Gasteiger charge is -2.63. The van der Waals surface area contributed by atoms with E-state index in [1.165, 1.54) is 23.4 Å². The van der Waals surface area contributed by atoms with Crippen LogP contribution >= 0.6 is 0 Å². The molecule has 0 amide bonds. The summed E-state index contributed by atoms with van der Waals surface area (Å²) in [6.45, 7) is 2.35. The molecule has 9 unspecified atom stereocenters. The fourth-order valence-electron chi connectivity index (χ4n) is 9.47. The first-order valence-corrected chi connectivity index (χ1v) is 15.5. The summed E-state index contributed by atoms with van der Waals surface area (Å²) in [7, 11) is -3.83.